The van der Waals surface area contributed by atoms with Crippen molar-refractivity contribution >= 4 is 17.4 Å². The van der Waals surface area contributed by atoms with Crippen LogP contribution in [0, 0.1) is 11.6 Å². The minimum atomic E-state index is -1.20. The van der Waals surface area contributed by atoms with Gasteiger partial charge < -0.3 is 5.11 Å². The number of benzene rings is 1. The average Bonchev–Trinajstić information content (AvgIpc) is 2.10. The van der Waals surface area contributed by atoms with Gasteiger partial charge in [0, 0.05) is 6.07 Å². The SMILES string of the molecule is O=C(CCl)c1cc(F)c(F)cc1O. The fraction of sp³-hybridized carbons (Fsp3) is 0.125. The average molecular weight is 207 g/mol. The van der Waals surface area contributed by atoms with Crippen LogP contribution in [0.5, 0.6) is 5.75 Å². The molecule has 0 radical (unpaired) electrons. The van der Waals surface area contributed by atoms with Gasteiger partial charge in [0.15, 0.2) is 17.4 Å². The van der Waals surface area contributed by atoms with Crippen LogP contribution in [0.4, 0.5) is 8.78 Å². The number of hydrogen-bond acceptors (Lipinski definition) is 2. The zero-order chi connectivity index (χ0) is 10.0. The number of halogens is 3. The summed E-state index contributed by atoms with van der Waals surface area (Å²) >= 11 is 5.17. The lowest BCUT2D eigenvalue weighted by Gasteiger charge is -2.01. The van der Waals surface area contributed by atoms with Crippen molar-refractivity contribution in [2.45, 2.75) is 0 Å². The van der Waals surface area contributed by atoms with E-state index >= 15 is 0 Å². The van der Waals surface area contributed by atoms with Crippen molar-refractivity contribution < 1.29 is 18.7 Å². The predicted molar refractivity (Wildman–Crippen MR) is 43.1 cm³/mol. The Labute approximate surface area is 77.8 Å². The molecule has 0 spiro atoms. The van der Waals surface area contributed by atoms with Gasteiger partial charge in [0.25, 0.3) is 0 Å². The third-order valence-electron chi connectivity index (χ3n) is 1.46. The number of carbonyl (C=O) groups is 1. The lowest BCUT2D eigenvalue weighted by molar-refractivity contribution is 0.101. The number of hydrogen-bond donors (Lipinski definition) is 1. The fourth-order valence-electron chi connectivity index (χ4n) is 0.832. The van der Waals surface area contributed by atoms with Crippen LogP contribution < -0.4 is 0 Å². The minimum Gasteiger partial charge on any atom is -0.507 e. The van der Waals surface area contributed by atoms with Crippen LogP contribution >= 0.6 is 11.6 Å². The van der Waals surface area contributed by atoms with Gasteiger partial charge in [0.1, 0.15) is 5.75 Å². The maximum Gasteiger partial charge on any atom is 0.181 e. The predicted octanol–water partition coefficient (Wildman–Crippen LogP) is 2.09. The maximum absolute atomic E-state index is 12.6. The largest absolute Gasteiger partial charge is 0.507 e. The molecule has 13 heavy (non-hydrogen) atoms. The van der Waals surface area contributed by atoms with E-state index in [-0.39, 0.29) is 5.56 Å². The molecule has 0 heterocycles. The summed E-state index contributed by atoms with van der Waals surface area (Å²) in [6.07, 6.45) is 0. The molecule has 0 aliphatic heterocycles. The Bertz CT molecular complexity index is 352. The van der Waals surface area contributed by atoms with E-state index in [4.69, 9.17) is 16.7 Å². The Hall–Kier alpha value is -1.16. The number of aromatic hydroxyl groups is 1. The molecule has 0 saturated heterocycles. The van der Waals surface area contributed by atoms with Crippen molar-refractivity contribution in [3.05, 3.63) is 29.3 Å². The highest BCUT2D eigenvalue weighted by Gasteiger charge is 2.14. The van der Waals surface area contributed by atoms with Crippen molar-refractivity contribution in [2.75, 3.05) is 5.88 Å². The van der Waals surface area contributed by atoms with Crippen LogP contribution in [0.1, 0.15) is 10.4 Å². The molecular weight excluding hydrogens is 202 g/mol. The summed E-state index contributed by atoms with van der Waals surface area (Å²) < 4.78 is 25.0. The van der Waals surface area contributed by atoms with Gasteiger partial charge in [-0.05, 0) is 6.07 Å². The molecule has 0 saturated carbocycles. The van der Waals surface area contributed by atoms with E-state index in [2.05, 4.69) is 0 Å². The normalized spacial score (nSPS) is 10.1. The van der Waals surface area contributed by atoms with Gasteiger partial charge in [-0.25, -0.2) is 8.78 Å². The number of carbonyl (C=O) groups excluding carboxylic acids is 1. The van der Waals surface area contributed by atoms with Gasteiger partial charge in [0.2, 0.25) is 0 Å². The standard InChI is InChI=1S/C8H5ClF2O2/c9-3-8(13)4-1-5(10)6(11)2-7(4)12/h1-2,12H,3H2. The molecule has 0 amide bonds. The zero-order valence-corrected chi connectivity index (χ0v) is 7.11. The van der Waals surface area contributed by atoms with Gasteiger partial charge in [0.05, 0.1) is 11.4 Å². The Morgan fingerprint density at radius 2 is 1.92 bits per heavy atom. The quantitative estimate of drug-likeness (QED) is 0.594. The smallest absolute Gasteiger partial charge is 0.181 e. The first-order valence-electron chi connectivity index (χ1n) is 3.33. The van der Waals surface area contributed by atoms with Crippen molar-refractivity contribution in [2.24, 2.45) is 0 Å². The van der Waals surface area contributed by atoms with Crippen LogP contribution in [0.2, 0.25) is 0 Å². The van der Waals surface area contributed by atoms with E-state index in [1.165, 1.54) is 0 Å². The third-order valence-corrected chi connectivity index (χ3v) is 1.70. The first-order valence-corrected chi connectivity index (χ1v) is 3.87. The molecule has 1 rings (SSSR count). The fourth-order valence-corrected chi connectivity index (χ4v) is 0.976. The Morgan fingerprint density at radius 1 is 1.38 bits per heavy atom. The number of phenolic OH excluding ortho intramolecular Hbond substituents is 1. The van der Waals surface area contributed by atoms with E-state index in [9.17, 15) is 13.6 Å². The number of rotatable bonds is 2. The van der Waals surface area contributed by atoms with Gasteiger partial charge in [-0.1, -0.05) is 0 Å². The summed E-state index contributed by atoms with van der Waals surface area (Å²) in [5, 5.41) is 9.03. The second kappa shape index (κ2) is 3.70. The van der Waals surface area contributed by atoms with Crippen LogP contribution in [-0.4, -0.2) is 16.8 Å². The number of Topliss-reactive ketones (excluding diaryl/α,β-unsaturated/α-hetero) is 1. The topological polar surface area (TPSA) is 37.3 Å². The molecule has 1 aromatic rings. The van der Waals surface area contributed by atoms with E-state index in [0.29, 0.717) is 12.1 Å². The molecule has 0 fully saturated rings. The number of ketones is 1. The van der Waals surface area contributed by atoms with Gasteiger partial charge >= 0.3 is 0 Å². The van der Waals surface area contributed by atoms with Crippen molar-refractivity contribution in [1.82, 2.24) is 0 Å². The molecule has 0 aromatic heterocycles. The van der Waals surface area contributed by atoms with E-state index < -0.39 is 29.0 Å². The van der Waals surface area contributed by atoms with Gasteiger partial charge in [-0.2, -0.15) is 0 Å². The zero-order valence-electron chi connectivity index (χ0n) is 6.35. The summed E-state index contributed by atoms with van der Waals surface area (Å²) in [6.45, 7) is 0. The lowest BCUT2D eigenvalue weighted by atomic mass is 10.1. The molecule has 0 atom stereocenters. The molecule has 70 valence electrons. The Morgan fingerprint density at radius 3 is 2.46 bits per heavy atom. The third kappa shape index (κ3) is 1.95. The second-order valence-electron chi connectivity index (χ2n) is 2.34. The molecule has 0 aliphatic carbocycles. The monoisotopic (exact) mass is 206 g/mol. The van der Waals surface area contributed by atoms with Crippen LogP contribution in [0.15, 0.2) is 12.1 Å². The summed E-state index contributed by atoms with van der Waals surface area (Å²) in [7, 11) is 0. The summed E-state index contributed by atoms with van der Waals surface area (Å²) in [5.41, 5.74) is -0.311. The number of phenols is 1. The molecular formula is C8H5ClF2O2. The number of alkyl halides is 1. The molecule has 0 aliphatic rings. The van der Waals surface area contributed by atoms with Crippen LogP contribution in [0.3, 0.4) is 0 Å². The van der Waals surface area contributed by atoms with Gasteiger partial charge in [-0.15, -0.1) is 11.6 Å². The Kier molecular flexibility index (Phi) is 2.83. The van der Waals surface area contributed by atoms with Crippen molar-refractivity contribution in [3.8, 4) is 5.75 Å². The van der Waals surface area contributed by atoms with E-state index in [1.54, 1.807) is 0 Å². The highest BCUT2D eigenvalue weighted by Crippen LogP contribution is 2.21. The highest BCUT2D eigenvalue weighted by molar-refractivity contribution is 6.30. The Balaban J connectivity index is 3.23. The van der Waals surface area contributed by atoms with Crippen LogP contribution in [-0.2, 0) is 0 Å². The van der Waals surface area contributed by atoms with Crippen molar-refractivity contribution in [1.29, 1.82) is 0 Å². The molecule has 0 unspecified atom stereocenters. The molecule has 2 nitrogen and oxygen atoms in total. The molecule has 1 aromatic carbocycles. The first kappa shape index (κ1) is 9.92. The second-order valence-corrected chi connectivity index (χ2v) is 2.61. The highest BCUT2D eigenvalue weighted by atomic mass is 35.5. The van der Waals surface area contributed by atoms with E-state index in [0.717, 1.165) is 0 Å². The van der Waals surface area contributed by atoms with Crippen molar-refractivity contribution in [3.63, 3.8) is 0 Å². The van der Waals surface area contributed by atoms with Crippen LogP contribution in [0.25, 0.3) is 0 Å². The minimum absolute atomic E-state index is 0.311. The first-order chi connectivity index (χ1) is 6.06. The summed E-state index contributed by atoms with van der Waals surface area (Å²) in [4.78, 5) is 10.9. The molecule has 5 heteroatoms. The summed E-state index contributed by atoms with van der Waals surface area (Å²) in [5.74, 6) is -4.05. The lowest BCUT2D eigenvalue weighted by Crippen LogP contribution is -2.02. The maximum atomic E-state index is 12.6. The molecule has 0 bridgehead atoms. The molecule has 1 N–H and O–H groups in total. The summed E-state index contributed by atoms with van der Waals surface area (Å²) in [6, 6.07) is 1.16. The van der Waals surface area contributed by atoms with Gasteiger partial charge in [-0.3, -0.25) is 4.79 Å². The van der Waals surface area contributed by atoms with E-state index in [1.807, 2.05) is 0 Å².